The number of halogens is 3. The molecule has 0 aliphatic heterocycles. The third kappa shape index (κ3) is 3.71. The standard InChI is InChI=1S/C10H11BrClFO2S/c1-6(2)7-3-8(5-16(12,14)15)10(13)9(11)4-7/h3-4,6H,5H2,1-2H3. The minimum absolute atomic E-state index is 0.0908. The summed E-state index contributed by atoms with van der Waals surface area (Å²) >= 11 is 3.06. The molecule has 1 aromatic carbocycles. The van der Waals surface area contributed by atoms with Crippen molar-refractivity contribution < 1.29 is 12.8 Å². The number of rotatable bonds is 3. The molecule has 6 heteroatoms. The average Bonchev–Trinajstić information content (AvgIpc) is 2.10. The van der Waals surface area contributed by atoms with Crippen LogP contribution in [0.25, 0.3) is 0 Å². The van der Waals surface area contributed by atoms with E-state index in [4.69, 9.17) is 10.7 Å². The molecule has 0 saturated heterocycles. The van der Waals surface area contributed by atoms with E-state index < -0.39 is 20.6 Å². The summed E-state index contributed by atoms with van der Waals surface area (Å²) in [4.78, 5) is 0. The molecular formula is C10H11BrClFO2S. The molecular weight excluding hydrogens is 319 g/mol. The van der Waals surface area contributed by atoms with Crippen LogP contribution >= 0.6 is 26.6 Å². The summed E-state index contributed by atoms with van der Waals surface area (Å²) < 4.78 is 35.7. The van der Waals surface area contributed by atoms with Crippen LogP contribution in [0.2, 0.25) is 0 Å². The van der Waals surface area contributed by atoms with Crippen molar-refractivity contribution in [3.63, 3.8) is 0 Å². The van der Waals surface area contributed by atoms with Crippen molar-refractivity contribution in [3.8, 4) is 0 Å². The van der Waals surface area contributed by atoms with Gasteiger partial charge < -0.3 is 0 Å². The summed E-state index contributed by atoms with van der Waals surface area (Å²) in [6.45, 7) is 3.89. The van der Waals surface area contributed by atoms with Crippen LogP contribution in [-0.4, -0.2) is 8.42 Å². The van der Waals surface area contributed by atoms with Crippen molar-refractivity contribution in [2.75, 3.05) is 0 Å². The summed E-state index contributed by atoms with van der Waals surface area (Å²) in [5.41, 5.74) is 0.955. The number of hydrogen-bond donors (Lipinski definition) is 0. The molecule has 0 heterocycles. The Hall–Kier alpha value is -0.130. The van der Waals surface area contributed by atoms with Crippen molar-refractivity contribution in [2.45, 2.75) is 25.5 Å². The molecule has 0 amide bonds. The van der Waals surface area contributed by atoms with E-state index in [9.17, 15) is 12.8 Å². The lowest BCUT2D eigenvalue weighted by Crippen LogP contribution is -2.01. The van der Waals surface area contributed by atoms with Gasteiger partial charge in [-0.3, -0.25) is 0 Å². The fourth-order valence-corrected chi connectivity index (χ4v) is 2.75. The molecule has 0 radical (unpaired) electrons. The van der Waals surface area contributed by atoms with E-state index in [1.807, 2.05) is 13.8 Å². The lowest BCUT2D eigenvalue weighted by atomic mass is 10.0. The van der Waals surface area contributed by atoms with Crippen LogP contribution < -0.4 is 0 Å². The molecule has 0 atom stereocenters. The Morgan fingerprint density at radius 1 is 1.44 bits per heavy atom. The van der Waals surface area contributed by atoms with Crippen LogP contribution in [-0.2, 0) is 14.8 Å². The average molecular weight is 330 g/mol. The van der Waals surface area contributed by atoms with Gasteiger partial charge in [0.05, 0.1) is 10.2 Å². The van der Waals surface area contributed by atoms with Gasteiger partial charge in [-0.1, -0.05) is 19.9 Å². The molecule has 90 valence electrons. The van der Waals surface area contributed by atoms with E-state index in [0.717, 1.165) is 5.56 Å². The highest BCUT2D eigenvalue weighted by Gasteiger charge is 2.16. The Bertz CT molecular complexity index is 500. The topological polar surface area (TPSA) is 34.1 Å². The van der Waals surface area contributed by atoms with Crippen molar-refractivity contribution in [2.24, 2.45) is 0 Å². The van der Waals surface area contributed by atoms with Gasteiger partial charge in [0, 0.05) is 16.2 Å². The highest BCUT2D eigenvalue weighted by atomic mass is 79.9. The highest BCUT2D eigenvalue weighted by Crippen LogP contribution is 2.27. The van der Waals surface area contributed by atoms with Crippen molar-refractivity contribution in [1.82, 2.24) is 0 Å². The van der Waals surface area contributed by atoms with E-state index in [2.05, 4.69) is 15.9 Å². The Labute approximate surface area is 107 Å². The molecule has 1 aromatic rings. The maximum absolute atomic E-state index is 13.6. The van der Waals surface area contributed by atoms with Gasteiger partial charge in [0.1, 0.15) is 5.82 Å². The molecule has 0 aliphatic carbocycles. The molecule has 0 spiro atoms. The molecule has 0 aromatic heterocycles. The maximum Gasteiger partial charge on any atom is 0.236 e. The quantitative estimate of drug-likeness (QED) is 0.791. The first-order valence-electron chi connectivity index (χ1n) is 4.61. The Morgan fingerprint density at radius 3 is 2.44 bits per heavy atom. The smallest absolute Gasteiger partial charge is 0.212 e. The second-order valence-electron chi connectivity index (χ2n) is 3.81. The summed E-state index contributed by atoms with van der Waals surface area (Å²) in [5, 5.41) is 0. The fourth-order valence-electron chi connectivity index (χ4n) is 1.29. The Morgan fingerprint density at radius 2 is 2.00 bits per heavy atom. The van der Waals surface area contributed by atoms with E-state index in [1.165, 1.54) is 6.07 Å². The summed E-state index contributed by atoms with van der Waals surface area (Å²) in [6.07, 6.45) is 0. The lowest BCUT2D eigenvalue weighted by Gasteiger charge is -2.10. The lowest BCUT2D eigenvalue weighted by molar-refractivity contribution is 0.593. The predicted octanol–water partition coefficient (Wildman–Crippen LogP) is 3.78. The third-order valence-corrected chi connectivity index (χ3v) is 3.68. The second-order valence-corrected chi connectivity index (χ2v) is 7.44. The fraction of sp³-hybridized carbons (Fsp3) is 0.400. The highest BCUT2D eigenvalue weighted by molar-refractivity contribution is 9.10. The molecule has 0 unspecified atom stereocenters. The molecule has 0 fully saturated rings. The second kappa shape index (κ2) is 5.02. The first-order valence-corrected chi connectivity index (χ1v) is 7.88. The zero-order chi connectivity index (χ0) is 12.5. The molecule has 16 heavy (non-hydrogen) atoms. The van der Waals surface area contributed by atoms with Crippen molar-refractivity contribution >= 4 is 35.7 Å². The van der Waals surface area contributed by atoms with E-state index >= 15 is 0 Å². The van der Waals surface area contributed by atoms with Crippen LogP contribution in [0.4, 0.5) is 4.39 Å². The van der Waals surface area contributed by atoms with Crippen molar-refractivity contribution in [1.29, 1.82) is 0 Å². The normalized spacial score (nSPS) is 12.1. The molecule has 0 aliphatic rings. The van der Waals surface area contributed by atoms with E-state index in [0.29, 0.717) is 0 Å². The Balaban J connectivity index is 3.27. The number of hydrogen-bond acceptors (Lipinski definition) is 2. The van der Waals surface area contributed by atoms with Crippen LogP contribution in [0.1, 0.15) is 30.9 Å². The predicted molar refractivity (Wildman–Crippen MR) is 66.7 cm³/mol. The molecule has 0 bridgehead atoms. The van der Waals surface area contributed by atoms with Gasteiger partial charge in [-0.25, -0.2) is 12.8 Å². The Kier molecular flexibility index (Phi) is 4.37. The minimum Gasteiger partial charge on any atom is -0.212 e. The van der Waals surface area contributed by atoms with E-state index in [1.54, 1.807) is 6.07 Å². The third-order valence-electron chi connectivity index (χ3n) is 2.12. The molecule has 0 N–H and O–H groups in total. The van der Waals surface area contributed by atoms with E-state index in [-0.39, 0.29) is 16.0 Å². The summed E-state index contributed by atoms with van der Waals surface area (Å²) in [5.74, 6) is -0.887. The van der Waals surface area contributed by atoms with Crippen molar-refractivity contribution in [3.05, 3.63) is 33.5 Å². The summed E-state index contributed by atoms with van der Waals surface area (Å²) in [7, 11) is 1.37. The monoisotopic (exact) mass is 328 g/mol. The first-order chi connectivity index (χ1) is 7.20. The minimum atomic E-state index is -3.75. The van der Waals surface area contributed by atoms with Gasteiger partial charge in [0.25, 0.3) is 0 Å². The van der Waals surface area contributed by atoms with Gasteiger partial charge in [0.15, 0.2) is 0 Å². The zero-order valence-corrected chi connectivity index (χ0v) is 12.0. The van der Waals surface area contributed by atoms with Gasteiger partial charge in [-0.2, -0.15) is 0 Å². The molecule has 2 nitrogen and oxygen atoms in total. The zero-order valence-electron chi connectivity index (χ0n) is 8.80. The first kappa shape index (κ1) is 13.9. The van der Waals surface area contributed by atoms with Crippen LogP contribution in [0.5, 0.6) is 0 Å². The molecule has 0 saturated carbocycles. The van der Waals surface area contributed by atoms with Gasteiger partial charge in [0.2, 0.25) is 9.05 Å². The van der Waals surface area contributed by atoms with Gasteiger partial charge in [-0.05, 0) is 33.5 Å². The van der Waals surface area contributed by atoms with Crippen LogP contribution in [0.3, 0.4) is 0 Å². The molecule has 1 rings (SSSR count). The number of benzene rings is 1. The van der Waals surface area contributed by atoms with Gasteiger partial charge in [-0.15, -0.1) is 0 Å². The van der Waals surface area contributed by atoms with Gasteiger partial charge >= 0.3 is 0 Å². The summed E-state index contributed by atoms with van der Waals surface area (Å²) in [6, 6.07) is 3.18. The maximum atomic E-state index is 13.6. The van der Waals surface area contributed by atoms with Crippen LogP contribution in [0, 0.1) is 5.82 Å². The SMILES string of the molecule is CC(C)c1cc(Br)c(F)c(CS(=O)(=O)Cl)c1. The largest absolute Gasteiger partial charge is 0.236 e. The van der Waals surface area contributed by atoms with Crippen LogP contribution in [0.15, 0.2) is 16.6 Å².